The van der Waals surface area contributed by atoms with Crippen molar-refractivity contribution < 1.29 is 19.4 Å². The number of hydrogen-bond acceptors (Lipinski definition) is 5. The Labute approximate surface area is 228 Å². The third kappa shape index (κ3) is 5.93. The Kier molecular flexibility index (Phi) is 8.55. The molecule has 0 aromatic heterocycles. The molecule has 1 saturated carbocycles. The summed E-state index contributed by atoms with van der Waals surface area (Å²) in [6.45, 7) is 12.9. The van der Waals surface area contributed by atoms with E-state index in [0.29, 0.717) is 17.7 Å². The van der Waals surface area contributed by atoms with Gasteiger partial charge in [0.1, 0.15) is 5.66 Å². The molecule has 1 N–H and O–H groups in total. The van der Waals surface area contributed by atoms with Gasteiger partial charge in [-0.25, -0.2) is 9.79 Å². The number of carbonyl (C=O) groups is 2. The van der Waals surface area contributed by atoms with E-state index in [4.69, 9.17) is 9.73 Å². The lowest BCUT2D eigenvalue weighted by molar-refractivity contribution is -0.134. The number of amidine groups is 1. The maximum Gasteiger partial charge on any atom is 0.335 e. The zero-order valence-electron chi connectivity index (χ0n) is 24.2. The molecule has 2 aliphatic heterocycles. The molecule has 0 unspecified atom stereocenters. The maximum absolute atomic E-state index is 14.4. The largest absolute Gasteiger partial charge is 0.478 e. The molecule has 7 nitrogen and oxygen atoms in total. The number of methoxy groups -OCH3 is 1. The quantitative estimate of drug-likeness (QED) is 0.462. The number of carboxylic acids is 1. The SMILES string of the molecule is COC1CCN(C2=NC3(CCC(C(C)(C)C)CC3)N([C@H](CCC(C)C)c3ccc(C(=O)O)cc3)C2=O)CC1. The van der Waals surface area contributed by atoms with Crippen molar-refractivity contribution in [3.05, 3.63) is 35.4 Å². The van der Waals surface area contributed by atoms with E-state index in [2.05, 4.69) is 44.4 Å². The molecule has 2 fully saturated rings. The molecule has 1 aromatic rings. The molecular formula is C31H47N3O4. The summed E-state index contributed by atoms with van der Waals surface area (Å²) in [5.41, 5.74) is 0.950. The molecule has 1 saturated heterocycles. The van der Waals surface area contributed by atoms with E-state index in [1.165, 1.54) is 0 Å². The summed E-state index contributed by atoms with van der Waals surface area (Å²) < 4.78 is 5.58. The topological polar surface area (TPSA) is 82.4 Å². The predicted molar refractivity (Wildman–Crippen MR) is 150 cm³/mol. The summed E-state index contributed by atoms with van der Waals surface area (Å²) in [4.78, 5) is 35.5. The maximum atomic E-state index is 14.4. The van der Waals surface area contributed by atoms with Crippen LogP contribution in [0.3, 0.4) is 0 Å². The first-order chi connectivity index (χ1) is 17.9. The highest BCUT2D eigenvalue weighted by atomic mass is 16.5. The van der Waals surface area contributed by atoms with Crippen molar-refractivity contribution in [2.45, 2.75) is 104 Å². The molecule has 4 rings (SSSR count). The molecule has 7 heteroatoms. The number of amides is 1. The zero-order chi connectivity index (χ0) is 27.7. The second kappa shape index (κ2) is 11.4. The summed E-state index contributed by atoms with van der Waals surface area (Å²) in [6, 6.07) is 7.00. The minimum absolute atomic E-state index is 0.0335. The van der Waals surface area contributed by atoms with Gasteiger partial charge in [0.2, 0.25) is 0 Å². The van der Waals surface area contributed by atoms with Crippen molar-refractivity contribution in [3.8, 4) is 0 Å². The third-order valence-corrected chi connectivity index (χ3v) is 9.13. The van der Waals surface area contributed by atoms with E-state index in [1.54, 1.807) is 19.2 Å². The number of rotatable bonds is 7. The Bertz CT molecular complexity index is 1010. The highest BCUT2D eigenvalue weighted by molar-refractivity contribution is 6.39. The molecule has 1 atom stereocenters. The van der Waals surface area contributed by atoms with Crippen LogP contribution < -0.4 is 0 Å². The number of benzene rings is 1. The standard InChI is InChI=1S/C31H47N3O4/c1-21(2)7-12-26(22-8-10-23(11-9-22)29(36)37)34-28(35)27(33-19-15-25(38-6)16-20-33)32-31(34)17-13-24(14-18-31)30(3,4)5/h8-11,21,24-26H,7,12-20H2,1-6H3,(H,36,37)/t24?,26-,31?/m1/s1. The van der Waals surface area contributed by atoms with Crippen molar-refractivity contribution in [1.82, 2.24) is 9.80 Å². The van der Waals surface area contributed by atoms with E-state index < -0.39 is 11.6 Å². The number of carboxylic acid groups (broad SMARTS) is 1. The van der Waals surface area contributed by atoms with Crippen LogP contribution in [0, 0.1) is 17.3 Å². The normalized spacial score (nSPS) is 25.8. The summed E-state index contributed by atoms with van der Waals surface area (Å²) in [5, 5.41) is 9.45. The van der Waals surface area contributed by atoms with Gasteiger partial charge in [-0.15, -0.1) is 0 Å². The van der Waals surface area contributed by atoms with E-state index in [-0.39, 0.29) is 29.0 Å². The van der Waals surface area contributed by atoms with Crippen molar-refractivity contribution in [2.24, 2.45) is 22.2 Å². The van der Waals surface area contributed by atoms with E-state index >= 15 is 0 Å². The molecule has 1 aliphatic carbocycles. The molecule has 38 heavy (non-hydrogen) atoms. The number of carbonyl (C=O) groups excluding carboxylic acids is 1. The fourth-order valence-corrected chi connectivity index (χ4v) is 6.62. The minimum Gasteiger partial charge on any atom is -0.478 e. The Morgan fingerprint density at radius 2 is 1.68 bits per heavy atom. The van der Waals surface area contributed by atoms with Crippen molar-refractivity contribution >= 4 is 17.7 Å². The van der Waals surface area contributed by atoms with Crippen molar-refractivity contribution in [3.63, 3.8) is 0 Å². The smallest absolute Gasteiger partial charge is 0.335 e. The van der Waals surface area contributed by atoms with Crippen molar-refractivity contribution in [2.75, 3.05) is 20.2 Å². The number of hydrogen-bond donors (Lipinski definition) is 1. The van der Waals surface area contributed by atoms with Crippen LogP contribution in [0.4, 0.5) is 0 Å². The highest BCUT2D eigenvalue weighted by Gasteiger charge is 2.53. The lowest BCUT2D eigenvalue weighted by Gasteiger charge is -2.47. The van der Waals surface area contributed by atoms with Crippen molar-refractivity contribution in [1.29, 1.82) is 0 Å². The summed E-state index contributed by atoms with van der Waals surface area (Å²) in [6.07, 6.45) is 7.66. The van der Waals surface area contributed by atoms with Gasteiger partial charge in [-0.3, -0.25) is 4.79 Å². The lowest BCUT2D eigenvalue weighted by Crippen LogP contribution is -2.52. The average molecular weight is 526 g/mol. The number of piperidine rings is 1. The van der Waals surface area contributed by atoms with E-state index in [0.717, 1.165) is 70.0 Å². The third-order valence-electron chi connectivity index (χ3n) is 9.13. The van der Waals surface area contributed by atoms with Crippen LogP contribution >= 0.6 is 0 Å². The second-order valence-electron chi connectivity index (χ2n) is 13.1. The van der Waals surface area contributed by atoms with Gasteiger partial charge < -0.3 is 19.6 Å². The van der Waals surface area contributed by atoms with Crippen LogP contribution in [0.5, 0.6) is 0 Å². The first kappa shape index (κ1) is 28.6. The van der Waals surface area contributed by atoms with Gasteiger partial charge in [-0.2, -0.15) is 0 Å². The van der Waals surface area contributed by atoms with Gasteiger partial charge in [0, 0.05) is 20.2 Å². The van der Waals surface area contributed by atoms with E-state index in [1.807, 2.05) is 12.1 Å². The molecule has 1 amide bonds. The van der Waals surface area contributed by atoms with Gasteiger partial charge in [-0.1, -0.05) is 46.8 Å². The summed E-state index contributed by atoms with van der Waals surface area (Å²) in [5.74, 6) is 0.812. The predicted octanol–water partition coefficient (Wildman–Crippen LogP) is 6.15. The number of nitrogens with zero attached hydrogens (tertiary/aromatic N) is 3. The van der Waals surface area contributed by atoms with Gasteiger partial charge in [0.25, 0.3) is 5.91 Å². The lowest BCUT2D eigenvalue weighted by atomic mass is 9.69. The molecule has 210 valence electrons. The first-order valence-corrected chi connectivity index (χ1v) is 14.5. The number of likely N-dealkylation sites (tertiary alicyclic amines) is 1. The summed E-state index contributed by atoms with van der Waals surface area (Å²) >= 11 is 0. The van der Waals surface area contributed by atoms with Crippen LogP contribution in [-0.4, -0.2) is 64.6 Å². The first-order valence-electron chi connectivity index (χ1n) is 14.5. The number of aliphatic imine (C=N–C) groups is 1. The fraction of sp³-hybridized carbons (Fsp3) is 0.710. The average Bonchev–Trinajstić information content (AvgIpc) is 3.15. The summed E-state index contributed by atoms with van der Waals surface area (Å²) in [7, 11) is 1.76. The Morgan fingerprint density at radius 3 is 2.18 bits per heavy atom. The Balaban J connectivity index is 1.71. The highest BCUT2D eigenvalue weighted by Crippen LogP contribution is 2.50. The van der Waals surface area contributed by atoms with Crippen LogP contribution in [0.2, 0.25) is 0 Å². The molecule has 2 heterocycles. The van der Waals surface area contributed by atoms with Gasteiger partial charge in [-0.05, 0) is 86.3 Å². The monoisotopic (exact) mass is 525 g/mol. The Morgan fingerprint density at radius 1 is 1.08 bits per heavy atom. The molecule has 0 radical (unpaired) electrons. The molecule has 0 bridgehead atoms. The Hall–Kier alpha value is -2.41. The van der Waals surface area contributed by atoms with Crippen LogP contribution in [0.1, 0.15) is 108 Å². The van der Waals surface area contributed by atoms with Crippen LogP contribution in [-0.2, 0) is 9.53 Å². The van der Waals surface area contributed by atoms with Crippen LogP contribution in [0.15, 0.2) is 29.3 Å². The fourth-order valence-electron chi connectivity index (χ4n) is 6.62. The molecular weight excluding hydrogens is 478 g/mol. The van der Waals surface area contributed by atoms with Gasteiger partial charge >= 0.3 is 5.97 Å². The van der Waals surface area contributed by atoms with Gasteiger partial charge in [0.05, 0.1) is 17.7 Å². The van der Waals surface area contributed by atoms with Crippen LogP contribution in [0.25, 0.3) is 0 Å². The zero-order valence-corrected chi connectivity index (χ0v) is 24.2. The molecule has 3 aliphatic rings. The molecule has 1 aromatic carbocycles. The van der Waals surface area contributed by atoms with Gasteiger partial charge in [0.15, 0.2) is 5.84 Å². The molecule has 1 spiro atoms. The number of aromatic carboxylic acids is 1. The second-order valence-corrected chi connectivity index (χ2v) is 13.1. The minimum atomic E-state index is -0.936. The number of ether oxygens (including phenoxy) is 1. The van der Waals surface area contributed by atoms with E-state index in [9.17, 15) is 14.7 Å².